The zero-order chi connectivity index (χ0) is 15.0. The summed E-state index contributed by atoms with van der Waals surface area (Å²) in [4.78, 5) is 0. The summed E-state index contributed by atoms with van der Waals surface area (Å²) in [6.45, 7) is 11.2. The summed E-state index contributed by atoms with van der Waals surface area (Å²) in [7, 11) is 0. The zero-order valence-electron chi connectivity index (χ0n) is 13.7. The maximum absolute atomic E-state index is 11.4. The number of aliphatic hydroxyl groups is 1. The lowest BCUT2D eigenvalue weighted by molar-refractivity contribution is -0.0959. The highest BCUT2D eigenvalue weighted by Crippen LogP contribution is 2.49. The van der Waals surface area contributed by atoms with Crippen LogP contribution in [0, 0.1) is 11.3 Å². The van der Waals surface area contributed by atoms with Gasteiger partial charge in [-0.05, 0) is 41.2 Å². The van der Waals surface area contributed by atoms with Crippen molar-refractivity contribution in [2.24, 2.45) is 11.3 Å². The Hall–Kier alpha value is -0.820. The van der Waals surface area contributed by atoms with E-state index in [-0.39, 0.29) is 5.41 Å². The van der Waals surface area contributed by atoms with E-state index in [0.717, 1.165) is 24.8 Å². The van der Waals surface area contributed by atoms with Gasteiger partial charge in [0.25, 0.3) is 0 Å². The van der Waals surface area contributed by atoms with E-state index in [0.29, 0.717) is 11.8 Å². The molecule has 0 radical (unpaired) electrons. The van der Waals surface area contributed by atoms with Gasteiger partial charge in [0, 0.05) is 0 Å². The van der Waals surface area contributed by atoms with E-state index in [2.05, 4.69) is 58.9 Å². The molecule has 1 aliphatic carbocycles. The van der Waals surface area contributed by atoms with Crippen molar-refractivity contribution in [1.29, 1.82) is 0 Å². The van der Waals surface area contributed by atoms with Gasteiger partial charge in [-0.3, -0.25) is 0 Å². The lowest BCUT2D eigenvalue weighted by Crippen LogP contribution is -2.44. The molecule has 0 aromatic heterocycles. The van der Waals surface area contributed by atoms with Gasteiger partial charge in [0.1, 0.15) is 0 Å². The minimum Gasteiger partial charge on any atom is -0.385 e. The van der Waals surface area contributed by atoms with Gasteiger partial charge in [-0.25, -0.2) is 0 Å². The molecule has 1 heteroatoms. The molecule has 2 unspecified atom stereocenters. The minimum atomic E-state index is -0.647. The van der Waals surface area contributed by atoms with Gasteiger partial charge < -0.3 is 5.11 Å². The van der Waals surface area contributed by atoms with Gasteiger partial charge in [-0.15, -0.1) is 0 Å². The van der Waals surface area contributed by atoms with E-state index in [4.69, 9.17) is 0 Å². The summed E-state index contributed by atoms with van der Waals surface area (Å²) >= 11 is 0. The molecule has 1 N–H and O–H groups in total. The zero-order valence-corrected chi connectivity index (χ0v) is 13.7. The SMILES string of the molecule is CC(C)c1ccc(C2(O)CCCCC2C(C)(C)C)cc1. The van der Waals surface area contributed by atoms with Gasteiger partial charge in [0.15, 0.2) is 0 Å². The first-order valence-corrected chi connectivity index (χ1v) is 8.08. The van der Waals surface area contributed by atoms with E-state index in [9.17, 15) is 5.11 Å². The molecule has 2 atom stereocenters. The summed E-state index contributed by atoms with van der Waals surface area (Å²) in [5.74, 6) is 0.886. The van der Waals surface area contributed by atoms with Crippen LogP contribution in [0.2, 0.25) is 0 Å². The Morgan fingerprint density at radius 1 is 1.10 bits per heavy atom. The Morgan fingerprint density at radius 3 is 2.20 bits per heavy atom. The van der Waals surface area contributed by atoms with Crippen molar-refractivity contribution < 1.29 is 5.11 Å². The Bertz CT molecular complexity index is 438. The number of hydrogen-bond donors (Lipinski definition) is 1. The second-order valence-corrected chi connectivity index (χ2v) is 7.87. The molecule has 1 aromatic carbocycles. The predicted molar refractivity (Wildman–Crippen MR) is 85.8 cm³/mol. The molecule has 20 heavy (non-hydrogen) atoms. The molecule has 2 rings (SSSR count). The first-order valence-electron chi connectivity index (χ1n) is 8.08. The van der Waals surface area contributed by atoms with Crippen molar-refractivity contribution in [1.82, 2.24) is 0 Å². The Kier molecular flexibility index (Phi) is 4.30. The quantitative estimate of drug-likeness (QED) is 0.782. The van der Waals surface area contributed by atoms with Crippen LogP contribution in [0.5, 0.6) is 0 Å². The van der Waals surface area contributed by atoms with E-state index in [1.165, 1.54) is 12.0 Å². The van der Waals surface area contributed by atoms with Gasteiger partial charge in [0.2, 0.25) is 0 Å². The van der Waals surface area contributed by atoms with Crippen LogP contribution in [0.25, 0.3) is 0 Å². The summed E-state index contributed by atoms with van der Waals surface area (Å²) in [6.07, 6.45) is 4.41. The number of hydrogen-bond acceptors (Lipinski definition) is 1. The van der Waals surface area contributed by atoms with E-state index in [1.54, 1.807) is 0 Å². The fourth-order valence-electron chi connectivity index (χ4n) is 3.81. The second kappa shape index (κ2) is 5.52. The van der Waals surface area contributed by atoms with Crippen LogP contribution in [0.4, 0.5) is 0 Å². The largest absolute Gasteiger partial charge is 0.385 e. The van der Waals surface area contributed by atoms with Gasteiger partial charge in [0.05, 0.1) is 5.60 Å². The first kappa shape index (κ1) is 15.6. The monoisotopic (exact) mass is 274 g/mol. The smallest absolute Gasteiger partial charge is 0.0929 e. The van der Waals surface area contributed by atoms with Crippen LogP contribution in [0.15, 0.2) is 24.3 Å². The molecule has 0 amide bonds. The third-order valence-electron chi connectivity index (χ3n) is 5.00. The van der Waals surface area contributed by atoms with Crippen molar-refractivity contribution in [2.45, 2.75) is 71.8 Å². The van der Waals surface area contributed by atoms with E-state index < -0.39 is 5.60 Å². The molecule has 1 nitrogen and oxygen atoms in total. The summed E-state index contributed by atoms with van der Waals surface area (Å²) in [5, 5.41) is 11.4. The average molecular weight is 274 g/mol. The van der Waals surface area contributed by atoms with Crippen LogP contribution >= 0.6 is 0 Å². The number of benzene rings is 1. The van der Waals surface area contributed by atoms with Crippen molar-refractivity contribution in [2.75, 3.05) is 0 Å². The van der Waals surface area contributed by atoms with Crippen LogP contribution in [0.1, 0.15) is 77.3 Å². The third kappa shape index (κ3) is 2.93. The Labute approximate surface area is 124 Å². The number of rotatable bonds is 2. The fraction of sp³-hybridized carbons (Fsp3) is 0.684. The average Bonchev–Trinajstić information content (AvgIpc) is 2.38. The maximum atomic E-state index is 11.4. The molecule has 1 saturated carbocycles. The van der Waals surface area contributed by atoms with Crippen LogP contribution < -0.4 is 0 Å². The molecular weight excluding hydrogens is 244 g/mol. The topological polar surface area (TPSA) is 20.2 Å². The fourth-order valence-corrected chi connectivity index (χ4v) is 3.81. The molecule has 1 aromatic rings. The highest BCUT2D eigenvalue weighted by Gasteiger charge is 2.45. The van der Waals surface area contributed by atoms with Crippen molar-refractivity contribution >= 4 is 0 Å². The highest BCUT2D eigenvalue weighted by atomic mass is 16.3. The molecule has 0 bridgehead atoms. The Morgan fingerprint density at radius 2 is 1.70 bits per heavy atom. The lowest BCUT2D eigenvalue weighted by atomic mass is 9.61. The lowest BCUT2D eigenvalue weighted by Gasteiger charge is -2.47. The maximum Gasteiger partial charge on any atom is 0.0929 e. The summed E-state index contributed by atoms with van der Waals surface area (Å²) < 4.78 is 0. The van der Waals surface area contributed by atoms with Crippen LogP contribution in [-0.4, -0.2) is 5.11 Å². The summed E-state index contributed by atoms with van der Waals surface area (Å²) in [6, 6.07) is 8.68. The predicted octanol–water partition coefficient (Wildman–Crippen LogP) is 5.23. The van der Waals surface area contributed by atoms with Crippen molar-refractivity contribution in [3.05, 3.63) is 35.4 Å². The van der Waals surface area contributed by atoms with E-state index >= 15 is 0 Å². The highest BCUT2D eigenvalue weighted by molar-refractivity contribution is 5.30. The van der Waals surface area contributed by atoms with Gasteiger partial charge in [-0.2, -0.15) is 0 Å². The summed E-state index contributed by atoms with van der Waals surface area (Å²) in [5.41, 5.74) is 1.96. The van der Waals surface area contributed by atoms with Crippen molar-refractivity contribution in [3.63, 3.8) is 0 Å². The second-order valence-electron chi connectivity index (χ2n) is 7.87. The minimum absolute atomic E-state index is 0.145. The van der Waals surface area contributed by atoms with Gasteiger partial charge >= 0.3 is 0 Å². The molecule has 0 saturated heterocycles. The Balaban J connectivity index is 2.35. The van der Waals surface area contributed by atoms with Gasteiger partial charge in [-0.1, -0.05) is 71.7 Å². The normalized spacial score (nSPS) is 27.9. The molecule has 0 spiro atoms. The third-order valence-corrected chi connectivity index (χ3v) is 5.00. The molecule has 1 aliphatic rings. The van der Waals surface area contributed by atoms with Crippen LogP contribution in [-0.2, 0) is 5.60 Å². The molecule has 0 aliphatic heterocycles. The molecule has 1 fully saturated rings. The standard InChI is InChI=1S/C19H30O/c1-14(2)15-9-11-16(12-10-15)19(20)13-7-6-8-17(19)18(3,4)5/h9-12,14,17,20H,6-8,13H2,1-5H3. The molecule has 112 valence electrons. The molecule has 0 heterocycles. The first-order chi connectivity index (χ1) is 9.25. The van der Waals surface area contributed by atoms with Crippen molar-refractivity contribution in [3.8, 4) is 0 Å². The van der Waals surface area contributed by atoms with E-state index in [1.807, 2.05) is 0 Å². The van der Waals surface area contributed by atoms with Crippen LogP contribution in [0.3, 0.4) is 0 Å². The molecular formula is C19H30O.